The van der Waals surface area contributed by atoms with Crippen molar-refractivity contribution in [1.29, 1.82) is 0 Å². The van der Waals surface area contributed by atoms with Crippen LogP contribution in [0.3, 0.4) is 0 Å². The topological polar surface area (TPSA) is 37.3 Å². The first-order valence-corrected chi connectivity index (χ1v) is 6.99. The highest BCUT2D eigenvalue weighted by atomic mass is 16.3. The zero-order chi connectivity index (χ0) is 15.2. The standard InChI is InChI=1S/C10H16O.C8H8O/c1-8(2)9-5-4-6-10(3,11)7-9;1-7(9)8-5-3-2-4-6-8/h4-5,7-8,11H,6H2,1-3H3;2-6H,1H3. The Labute approximate surface area is 121 Å². The van der Waals surface area contributed by atoms with E-state index in [-0.39, 0.29) is 5.78 Å². The van der Waals surface area contributed by atoms with E-state index in [0.717, 1.165) is 12.0 Å². The van der Waals surface area contributed by atoms with Gasteiger partial charge < -0.3 is 5.11 Å². The molecule has 0 aromatic heterocycles. The molecule has 1 aliphatic rings. The quantitative estimate of drug-likeness (QED) is 0.820. The Morgan fingerprint density at radius 2 is 1.85 bits per heavy atom. The van der Waals surface area contributed by atoms with Gasteiger partial charge in [-0.25, -0.2) is 0 Å². The molecule has 2 heteroatoms. The van der Waals surface area contributed by atoms with Crippen molar-refractivity contribution in [2.45, 2.75) is 39.7 Å². The summed E-state index contributed by atoms with van der Waals surface area (Å²) < 4.78 is 0. The van der Waals surface area contributed by atoms with E-state index >= 15 is 0 Å². The Kier molecular flexibility index (Phi) is 5.90. The van der Waals surface area contributed by atoms with E-state index in [1.165, 1.54) is 5.57 Å². The highest BCUT2D eigenvalue weighted by molar-refractivity contribution is 5.93. The smallest absolute Gasteiger partial charge is 0.159 e. The van der Waals surface area contributed by atoms with Crippen LogP contribution in [0.1, 0.15) is 44.5 Å². The molecule has 2 nitrogen and oxygen atoms in total. The average molecular weight is 272 g/mol. The molecule has 0 saturated heterocycles. The van der Waals surface area contributed by atoms with Crippen molar-refractivity contribution in [3.8, 4) is 0 Å². The first-order valence-electron chi connectivity index (χ1n) is 6.99. The van der Waals surface area contributed by atoms with E-state index < -0.39 is 5.60 Å². The maximum atomic E-state index is 10.6. The number of carbonyl (C=O) groups is 1. The van der Waals surface area contributed by atoms with E-state index in [4.69, 9.17) is 0 Å². The first kappa shape index (κ1) is 16.4. The number of aliphatic hydroxyl groups is 1. The molecule has 0 saturated carbocycles. The summed E-state index contributed by atoms with van der Waals surface area (Å²) in [7, 11) is 0. The van der Waals surface area contributed by atoms with Gasteiger partial charge in [0, 0.05) is 5.56 Å². The third-order valence-corrected chi connectivity index (χ3v) is 3.17. The van der Waals surface area contributed by atoms with Crippen molar-refractivity contribution < 1.29 is 9.90 Å². The van der Waals surface area contributed by atoms with Crippen LogP contribution in [0.5, 0.6) is 0 Å². The van der Waals surface area contributed by atoms with Crippen LogP contribution < -0.4 is 0 Å². The predicted octanol–water partition coefficient (Wildman–Crippen LogP) is 4.17. The summed E-state index contributed by atoms with van der Waals surface area (Å²) in [5.41, 5.74) is 1.40. The van der Waals surface area contributed by atoms with Gasteiger partial charge in [-0.05, 0) is 37.8 Å². The lowest BCUT2D eigenvalue weighted by Gasteiger charge is -2.23. The molecule has 1 N–H and O–H groups in total. The number of Topliss-reactive ketones (excluding diaryl/α,β-unsaturated/α-hetero) is 1. The van der Waals surface area contributed by atoms with E-state index in [9.17, 15) is 9.90 Å². The number of benzene rings is 1. The Hall–Kier alpha value is -1.67. The second-order valence-electron chi connectivity index (χ2n) is 5.68. The van der Waals surface area contributed by atoms with Crippen LogP contribution in [-0.2, 0) is 0 Å². The van der Waals surface area contributed by atoms with Crippen molar-refractivity contribution in [2.24, 2.45) is 5.92 Å². The van der Waals surface area contributed by atoms with E-state index in [1.54, 1.807) is 6.92 Å². The normalized spacial score (nSPS) is 21.0. The largest absolute Gasteiger partial charge is 0.386 e. The summed E-state index contributed by atoms with van der Waals surface area (Å²) in [4.78, 5) is 10.6. The molecule has 1 aromatic rings. The van der Waals surface area contributed by atoms with E-state index in [2.05, 4.69) is 19.9 Å². The summed E-state index contributed by atoms with van der Waals surface area (Å²) >= 11 is 0. The van der Waals surface area contributed by atoms with Crippen LogP contribution in [0.4, 0.5) is 0 Å². The minimum atomic E-state index is -0.617. The maximum Gasteiger partial charge on any atom is 0.159 e. The molecule has 0 spiro atoms. The fourth-order valence-corrected chi connectivity index (χ4v) is 1.93. The lowest BCUT2D eigenvalue weighted by atomic mass is 9.89. The van der Waals surface area contributed by atoms with Crippen LogP contribution in [0.2, 0.25) is 0 Å². The van der Waals surface area contributed by atoms with Gasteiger partial charge in [-0.3, -0.25) is 4.79 Å². The SMILES string of the molecule is CC(=O)c1ccccc1.CC(C)C1=CC(C)(O)CC=C1. The fourth-order valence-electron chi connectivity index (χ4n) is 1.93. The van der Waals surface area contributed by atoms with Gasteiger partial charge in [0.05, 0.1) is 5.60 Å². The number of allylic oxidation sites excluding steroid dienone is 2. The van der Waals surface area contributed by atoms with Gasteiger partial charge in [-0.1, -0.05) is 56.3 Å². The molecule has 108 valence electrons. The molecular weight excluding hydrogens is 248 g/mol. The highest BCUT2D eigenvalue weighted by Crippen LogP contribution is 2.24. The molecule has 0 fully saturated rings. The van der Waals surface area contributed by atoms with E-state index in [1.807, 2.05) is 49.4 Å². The summed E-state index contributed by atoms with van der Waals surface area (Å²) in [6.07, 6.45) is 6.83. The molecule has 1 aromatic carbocycles. The molecular formula is C18H24O2. The van der Waals surface area contributed by atoms with Crippen molar-refractivity contribution in [3.05, 3.63) is 59.7 Å². The average Bonchev–Trinajstić information content (AvgIpc) is 2.39. The molecule has 0 radical (unpaired) electrons. The minimum absolute atomic E-state index is 0.121. The second kappa shape index (κ2) is 7.20. The zero-order valence-electron chi connectivity index (χ0n) is 12.8. The maximum absolute atomic E-state index is 10.6. The summed E-state index contributed by atoms with van der Waals surface area (Å²) in [5.74, 6) is 0.633. The van der Waals surface area contributed by atoms with Crippen LogP contribution in [0.25, 0.3) is 0 Å². The van der Waals surface area contributed by atoms with Gasteiger partial charge >= 0.3 is 0 Å². The van der Waals surface area contributed by atoms with Gasteiger partial charge in [0.15, 0.2) is 5.78 Å². The third kappa shape index (κ3) is 5.54. The third-order valence-electron chi connectivity index (χ3n) is 3.17. The van der Waals surface area contributed by atoms with Crippen molar-refractivity contribution in [2.75, 3.05) is 0 Å². The molecule has 1 aliphatic carbocycles. The number of hydrogen-bond acceptors (Lipinski definition) is 2. The summed E-state index contributed by atoms with van der Waals surface area (Å²) in [6, 6.07) is 9.23. The van der Waals surface area contributed by atoms with Gasteiger partial charge in [0.25, 0.3) is 0 Å². The molecule has 0 bridgehead atoms. The Balaban J connectivity index is 0.000000204. The Morgan fingerprint density at radius 1 is 1.25 bits per heavy atom. The van der Waals surface area contributed by atoms with Crippen LogP contribution in [-0.4, -0.2) is 16.5 Å². The monoisotopic (exact) mass is 272 g/mol. The molecule has 0 aliphatic heterocycles. The Morgan fingerprint density at radius 3 is 2.20 bits per heavy atom. The van der Waals surface area contributed by atoms with Crippen LogP contribution in [0, 0.1) is 5.92 Å². The van der Waals surface area contributed by atoms with Crippen LogP contribution in [0.15, 0.2) is 54.1 Å². The van der Waals surface area contributed by atoms with Crippen molar-refractivity contribution >= 4 is 5.78 Å². The van der Waals surface area contributed by atoms with Crippen molar-refractivity contribution in [1.82, 2.24) is 0 Å². The number of hydrogen-bond donors (Lipinski definition) is 1. The van der Waals surface area contributed by atoms with Crippen LogP contribution >= 0.6 is 0 Å². The van der Waals surface area contributed by atoms with Gasteiger partial charge in [0.2, 0.25) is 0 Å². The molecule has 20 heavy (non-hydrogen) atoms. The molecule has 1 atom stereocenters. The first-order chi connectivity index (χ1) is 9.32. The number of ketones is 1. The minimum Gasteiger partial charge on any atom is -0.386 e. The van der Waals surface area contributed by atoms with Crippen molar-refractivity contribution in [3.63, 3.8) is 0 Å². The molecule has 1 unspecified atom stereocenters. The molecule has 0 heterocycles. The molecule has 0 amide bonds. The molecule has 2 rings (SSSR count). The number of rotatable bonds is 2. The lowest BCUT2D eigenvalue weighted by Crippen LogP contribution is -2.22. The lowest BCUT2D eigenvalue weighted by molar-refractivity contribution is 0.101. The Bertz CT molecular complexity index is 493. The fraction of sp³-hybridized carbons (Fsp3) is 0.389. The van der Waals surface area contributed by atoms with Gasteiger partial charge in [-0.15, -0.1) is 0 Å². The summed E-state index contributed by atoms with van der Waals surface area (Å²) in [5, 5.41) is 9.67. The van der Waals surface area contributed by atoms with Gasteiger partial charge in [-0.2, -0.15) is 0 Å². The highest BCUT2D eigenvalue weighted by Gasteiger charge is 2.19. The van der Waals surface area contributed by atoms with Gasteiger partial charge in [0.1, 0.15) is 0 Å². The summed E-state index contributed by atoms with van der Waals surface area (Å²) in [6.45, 7) is 7.68. The number of carbonyl (C=O) groups excluding carboxylic acids is 1. The second-order valence-corrected chi connectivity index (χ2v) is 5.68. The predicted molar refractivity (Wildman–Crippen MR) is 83.7 cm³/mol. The zero-order valence-corrected chi connectivity index (χ0v) is 12.8. The van der Waals surface area contributed by atoms with E-state index in [0.29, 0.717) is 5.92 Å².